The van der Waals surface area contributed by atoms with E-state index in [0.717, 1.165) is 0 Å². The molecule has 1 aromatic rings. The van der Waals surface area contributed by atoms with Gasteiger partial charge in [0, 0.05) is 6.20 Å². The first-order valence-corrected chi connectivity index (χ1v) is 2.87. The summed E-state index contributed by atoms with van der Waals surface area (Å²) in [5, 5.41) is 10.5. The van der Waals surface area contributed by atoms with E-state index in [2.05, 4.69) is 22.1 Å². The van der Waals surface area contributed by atoms with E-state index in [1.165, 1.54) is 10.9 Å². The van der Waals surface area contributed by atoms with Crippen LogP contribution in [-0.2, 0) is 5.88 Å². The van der Waals surface area contributed by atoms with E-state index in [0.29, 0.717) is 11.7 Å². The van der Waals surface area contributed by atoms with Crippen molar-refractivity contribution in [1.82, 2.24) is 20.2 Å². The van der Waals surface area contributed by atoms with E-state index < -0.39 is 0 Å². The average molecular weight is 145 g/mol. The zero-order valence-corrected chi connectivity index (χ0v) is 5.41. The Morgan fingerprint density at radius 2 is 2.56 bits per heavy atom. The number of hydrogen-bond donors (Lipinski definition) is 0. The monoisotopic (exact) mass is 144 g/mol. The molecule has 0 amide bonds. The van der Waals surface area contributed by atoms with Crippen molar-refractivity contribution >= 4 is 17.8 Å². The molecule has 0 radical (unpaired) electrons. The Balaban J connectivity index is 2.98. The van der Waals surface area contributed by atoms with Crippen molar-refractivity contribution in [3.63, 3.8) is 0 Å². The molecule has 0 N–H and O–H groups in total. The van der Waals surface area contributed by atoms with Gasteiger partial charge in [-0.25, -0.2) is 4.68 Å². The predicted octanol–water partition coefficient (Wildman–Crippen LogP) is 0.512. The van der Waals surface area contributed by atoms with Gasteiger partial charge in [0.05, 0.1) is 5.88 Å². The van der Waals surface area contributed by atoms with Crippen LogP contribution in [0.3, 0.4) is 0 Å². The van der Waals surface area contributed by atoms with Crippen LogP contribution in [-0.4, -0.2) is 20.2 Å². The lowest BCUT2D eigenvalue weighted by atomic mass is 10.7. The Kier molecular flexibility index (Phi) is 1.79. The highest BCUT2D eigenvalue weighted by molar-refractivity contribution is 6.16. The molecule has 0 atom stereocenters. The summed E-state index contributed by atoms with van der Waals surface area (Å²) in [5.41, 5.74) is 0. The summed E-state index contributed by atoms with van der Waals surface area (Å²) >= 11 is 5.44. The minimum atomic E-state index is 0.305. The summed E-state index contributed by atoms with van der Waals surface area (Å²) in [6.07, 6.45) is 1.50. The highest BCUT2D eigenvalue weighted by atomic mass is 35.5. The molecule has 0 aliphatic rings. The second-order valence-electron chi connectivity index (χ2n) is 1.36. The van der Waals surface area contributed by atoms with Gasteiger partial charge in [0.25, 0.3) is 0 Å². The van der Waals surface area contributed by atoms with E-state index in [1.54, 1.807) is 0 Å². The largest absolute Gasteiger partial charge is 0.204 e. The van der Waals surface area contributed by atoms with E-state index in [-0.39, 0.29) is 0 Å². The fourth-order valence-corrected chi connectivity index (χ4v) is 0.618. The molecule has 0 aliphatic carbocycles. The second-order valence-corrected chi connectivity index (χ2v) is 1.62. The summed E-state index contributed by atoms with van der Waals surface area (Å²) < 4.78 is 1.42. The first kappa shape index (κ1) is 6.22. The molecular weight excluding hydrogens is 140 g/mol. The fourth-order valence-electron chi connectivity index (χ4n) is 0.442. The molecular formula is C4H5ClN4. The lowest BCUT2D eigenvalue weighted by Crippen LogP contribution is -1.93. The van der Waals surface area contributed by atoms with Crippen LogP contribution in [0.2, 0.25) is 0 Å². The highest BCUT2D eigenvalue weighted by Crippen LogP contribution is 1.95. The summed E-state index contributed by atoms with van der Waals surface area (Å²) in [6, 6.07) is 0. The van der Waals surface area contributed by atoms with Gasteiger partial charge in [-0.05, 0) is 10.4 Å². The molecule has 0 bridgehead atoms. The van der Waals surface area contributed by atoms with Crippen molar-refractivity contribution in [2.45, 2.75) is 5.88 Å². The van der Waals surface area contributed by atoms with Crippen LogP contribution in [0.25, 0.3) is 6.20 Å². The Morgan fingerprint density at radius 1 is 1.78 bits per heavy atom. The van der Waals surface area contributed by atoms with Crippen LogP contribution in [0.15, 0.2) is 6.58 Å². The Labute approximate surface area is 57.1 Å². The maximum atomic E-state index is 5.44. The predicted molar refractivity (Wildman–Crippen MR) is 33.8 cm³/mol. The number of alkyl halides is 1. The van der Waals surface area contributed by atoms with Crippen molar-refractivity contribution in [3.8, 4) is 0 Å². The van der Waals surface area contributed by atoms with E-state index >= 15 is 0 Å². The van der Waals surface area contributed by atoms with Gasteiger partial charge in [-0.2, -0.15) is 0 Å². The quantitative estimate of drug-likeness (QED) is 0.569. The van der Waals surface area contributed by atoms with Gasteiger partial charge in [0.15, 0.2) is 5.82 Å². The Bertz CT molecular complexity index is 206. The second kappa shape index (κ2) is 2.59. The zero-order chi connectivity index (χ0) is 6.69. The number of rotatable bonds is 2. The molecule has 1 heterocycles. The molecule has 1 aromatic heterocycles. The molecule has 0 aromatic carbocycles. The third-order valence-corrected chi connectivity index (χ3v) is 1.09. The van der Waals surface area contributed by atoms with Gasteiger partial charge in [0.1, 0.15) is 0 Å². The van der Waals surface area contributed by atoms with Crippen LogP contribution in [0.1, 0.15) is 5.82 Å². The molecule has 0 saturated carbocycles. The van der Waals surface area contributed by atoms with Gasteiger partial charge >= 0.3 is 0 Å². The van der Waals surface area contributed by atoms with Crippen LogP contribution >= 0.6 is 11.6 Å². The molecule has 9 heavy (non-hydrogen) atoms. The SMILES string of the molecule is C=Cn1nnnc1CCl. The molecule has 4 nitrogen and oxygen atoms in total. The number of aromatic nitrogens is 4. The lowest BCUT2D eigenvalue weighted by molar-refractivity contribution is 0.811. The van der Waals surface area contributed by atoms with Gasteiger partial charge in [-0.1, -0.05) is 6.58 Å². The van der Waals surface area contributed by atoms with E-state index in [9.17, 15) is 0 Å². The smallest absolute Gasteiger partial charge is 0.170 e. The van der Waals surface area contributed by atoms with E-state index in [1.807, 2.05) is 0 Å². The summed E-state index contributed by atoms with van der Waals surface area (Å²) in [7, 11) is 0. The van der Waals surface area contributed by atoms with Crippen molar-refractivity contribution in [2.24, 2.45) is 0 Å². The number of hydrogen-bond acceptors (Lipinski definition) is 3. The fraction of sp³-hybridized carbons (Fsp3) is 0.250. The first-order valence-electron chi connectivity index (χ1n) is 2.33. The molecule has 0 spiro atoms. The number of halogens is 1. The summed E-state index contributed by atoms with van der Waals surface area (Å²) in [6.45, 7) is 3.47. The topological polar surface area (TPSA) is 43.6 Å². The van der Waals surface area contributed by atoms with Gasteiger partial charge in [0.2, 0.25) is 0 Å². The summed E-state index contributed by atoms with van der Waals surface area (Å²) in [4.78, 5) is 0. The summed E-state index contributed by atoms with van der Waals surface area (Å²) in [5.74, 6) is 0.908. The molecule has 0 saturated heterocycles. The normalized spacial score (nSPS) is 9.44. The van der Waals surface area contributed by atoms with Gasteiger partial charge in [-0.3, -0.25) is 0 Å². The minimum absolute atomic E-state index is 0.305. The minimum Gasteiger partial charge on any atom is -0.204 e. The van der Waals surface area contributed by atoms with Gasteiger partial charge in [-0.15, -0.1) is 16.7 Å². The number of tetrazole rings is 1. The number of nitrogens with zero attached hydrogens (tertiary/aromatic N) is 4. The molecule has 5 heteroatoms. The van der Waals surface area contributed by atoms with Crippen molar-refractivity contribution in [2.75, 3.05) is 0 Å². The van der Waals surface area contributed by atoms with E-state index in [4.69, 9.17) is 11.6 Å². The Hall–Kier alpha value is -0.900. The van der Waals surface area contributed by atoms with Crippen molar-refractivity contribution < 1.29 is 0 Å². The lowest BCUT2D eigenvalue weighted by Gasteiger charge is -1.88. The molecule has 48 valence electrons. The third kappa shape index (κ3) is 1.08. The Morgan fingerprint density at radius 3 is 3.00 bits per heavy atom. The molecule has 1 rings (SSSR count). The first-order chi connectivity index (χ1) is 4.38. The van der Waals surface area contributed by atoms with Gasteiger partial charge < -0.3 is 0 Å². The van der Waals surface area contributed by atoms with Crippen LogP contribution < -0.4 is 0 Å². The van der Waals surface area contributed by atoms with Crippen LogP contribution in [0.5, 0.6) is 0 Å². The zero-order valence-electron chi connectivity index (χ0n) is 4.66. The van der Waals surface area contributed by atoms with Crippen molar-refractivity contribution in [3.05, 3.63) is 12.4 Å². The average Bonchev–Trinajstić information content (AvgIpc) is 2.33. The third-order valence-electron chi connectivity index (χ3n) is 0.853. The molecule has 0 unspecified atom stereocenters. The van der Waals surface area contributed by atoms with Crippen LogP contribution in [0.4, 0.5) is 0 Å². The maximum absolute atomic E-state index is 5.44. The highest BCUT2D eigenvalue weighted by Gasteiger charge is 1.97. The van der Waals surface area contributed by atoms with Crippen LogP contribution in [0, 0.1) is 0 Å². The molecule has 0 aliphatic heterocycles. The maximum Gasteiger partial charge on any atom is 0.170 e. The molecule has 0 fully saturated rings. The van der Waals surface area contributed by atoms with Crippen molar-refractivity contribution in [1.29, 1.82) is 0 Å². The standard InChI is InChI=1S/C4H5ClN4/c1-2-9-4(3-5)6-7-8-9/h2H,1,3H2.